The Morgan fingerprint density at radius 1 is 0.579 bits per heavy atom. The van der Waals surface area contributed by atoms with Gasteiger partial charge in [-0.3, -0.25) is 0 Å². The summed E-state index contributed by atoms with van der Waals surface area (Å²) in [6.45, 7) is 1.10. The molecule has 0 atom stereocenters. The minimum atomic E-state index is -0.300. The fourth-order valence-corrected chi connectivity index (χ4v) is 4.29. The standard InChI is InChI=1S/C30H24F2N4O2/c31-21-9-11-25-27(17-21)35-29(33-25)19-5-3-7-23(15-19)37-13-1-2-14-38-24-8-4-6-20(16-24)30-34-26-12-10-22(32)18-28(26)36-30/h3-12,15-18H,1-2,13-14H2,(H,33,35)(H,34,36). The predicted molar refractivity (Wildman–Crippen MR) is 143 cm³/mol. The number of ether oxygens (including phenoxy) is 2. The second-order valence-electron chi connectivity index (χ2n) is 8.95. The zero-order chi connectivity index (χ0) is 25.9. The van der Waals surface area contributed by atoms with E-state index in [2.05, 4.69) is 19.9 Å². The van der Waals surface area contributed by atoms with Gasteiger partial charge in [0, 0.05) is 11.1 Å². The lowest BCUT2D eigenvalue weighted by atomic mass is 10.2. The van der Waals surface area contributed by atoms with Gasteiger partial charge in [-0.2, -0.15) is 0 Å². The van der Waals surface area contributed by atoms with Gasteiger partial charge in [0.05, 0.1) is 35.3 Å². The van der Waals surface area contributed by atoms with Crippen molar-refractivity contribution < 1.29 is 18.3 Å². The molecule has 2 N–H and O–H groups in total. The normalized spacial score (nSPS) is 11.3. The fraction of sp³-hybridized carbons (Fsp3) is 0.133. The summed E-state index contributed by atoms with van der Waals surface area (Å²) >= 11 is 0. The van der Waals surface area contributed by atoms with Gasteiger partial charge in [0.1, 0.15) is 34.8 Å². The van der Waals surface area contributed by atoms with Crippen molar-refractivity contribution >= 4 is 22.1 Å². The molecule has 2 aromatic heterocycles. The Balaban J connectivity index is 0.999. The number of hydrogen-bond acceptors (Lipinski definition) is 4. The van der Waals surface area contributed by atoms with Gasteiger partial charge >= 0.3 is 0 Å². The highest BCUT2D eigenvalue weighted by atomic mass is 19.1. The zero-order valence-electron chi connectivity index (χ0n) is 20.4. The minimum Gasteiger partial charge on any atom is -0.494 e. The van der Waals surface area contributed by atoms with Crippen LogP contribution in [0.5, 0.6) is 11.5 Å². The first-order valence-corrected chi connectivity index (χ1v) is 12.4. The first-order valence-electron chi connectivity index (χ1n) is 12.4. The van der Waals surface area contributed by atoms with Gasteiger partial charge in [-0.25, -0.2) is 18.7 Å². The molecule has 38 heavy (non-hydrogen) atoms. The van der Waals surface area contributed by atoms with Gasteiger partial charge in [0.2, 0.25) is 0 Å². The van der Waals surface area contributed by atoms with Gasteiger partial charge in [0.25, 0.3) is 0 Å². The van der Waals surface area contributed by atoms with E-state index in [1.165, 1.54) is 24.3 Å². The topological polar surface area (TPSA) is 75.8 Å². The van der Waals surface area contributed by atoms with E-state index < -0.39 is 0 Å². The summed E-state index contributed by atoms with van der Waals surface area (Å²) in [4.78, 5) is 15.4. The number of halogens is 2. The Hall–Kier alpha value is -4.72. The SMILES string of the molecule is Fc1ccc2nc(-c3cccc(OCCCCOc4cccc(-c5nc6ccc(F)cc6[nH]5)c4)c3)[nH]c2c1. The molecule has 0 saturated heterocycles. The smallest absolute Gasteiger partial charge is 0.138 e. The maximum absolute atomic E-state index is 13.5. The molecule has 6 rings (SSSR count). The second-order valence-corrected chi connectivity index (χ2v) is 8.95. The molecular formula is C30H24F2N4O2. The average molecular weight is 511 g/mol. The number of aromatic nitrogens is 4. The van der Waals surface area contributed by atoms with Gasteiger partial charge in [-0.1, -0.05) is 24.3 Å². The molecule has 0 spiro atoms. The Labute approximate surface area is 217 Å². The zero-order valence-corrected chi connectivity index (χ0v) is 20.4. The van der Waals surface area contributed by atoms with Crippen LogP contribution in [0.25, 0.3) is 44.8 Å². The van der Waals surface area contributed by atoms with E-state index in [9.17, 15) is 8.78 Å². The third-order valence-electron chi connectivity index (χ3n) is 6.18. The van der Waals surface area contributed by atoms with Gasteiger partial charge in [-0.15, -0.1) is 0 Å². The number of hydrogen-bond donors (Lipinski definition) is 2. The largest absolute Gasteiger partial charge is 0.494 e. The van der Waals surface area contributed by atoms with Gasteiger partial charge < -0.3 is 19.4 Å². The molecule has 0 radical (unpaired) electrons. The van der Waals surface area contributed by atoms with Gasteiger partial charge in [-0.05, 0) is 73.5 Å². The molecule has 4 aromatic carbocycles. The number of imidazole rings is 2. The molecule has 0 aliphatic carbocycles. The molecular weight excluding hydrogens is 486 g/mol. The molecule has 0 saturated carbocycles. The summed E-state index contributed by atoms with van der Waals surface area (Å²) in [6.07, 6.45) is 1.64. The number of H-pyrrole nitrogens is 2. The lowest BCUT2D eigenvalue weighted by Gasteiger charge is -2.09. The molecule has 0 fully saturated rings. The highest BCUT2D eigenvalue weighted by molar-refractivity contribution is 5.80. The molecule has 6 aromatic rings. The quantitative estimate of drug-likeness (QED) is 0.200. The number of nitrogens with one attached hydrogen (secondary N) is 2. The van der Waals surface area contributed by atoms with Crippen molar-refractivity contribution in [1.29, 1.82) is 0 Å². The predicted octanol–water partition coefficient (Wildman–Crippen LogP) is 7.29. The van der Waals surface area contributed by atoms with Crippen molar-refractivity contribution in [2.45, 2.75) is 12.8 Å². The monoisotopic (exact) mass is 510 g/mol. The first-order chi connectivity index (χ1) is 18.6. The highest BCUT2D eigenvalue weighted by Crippen LogP contribution is 2.26. The van der Waals surface area contributed by atoms with Crippen LogP contribution in [0.2, 0.25) is 0 Å². The molecule has 0 aliphatic rings. The minimum absolute atomic E-state index is 0.300. The van der Waals surface area contributed by atoms with E-state index in [0.29, 0.717) is 46.9 Å². The Morgan fingerprint density at radius 3 is 1.53 bits per heavy atom. The van der Waals surface area contributed by atoms with Crippen molar-refractivity contribution in [3.05, 3.63) is 96.6 Å². The van der Waals surface area contributed by atoms with Crippen molar-refractivity contribution in [2.24, 2.45) is 0 Å². The maximum atomic E-state index is 13.5. The van der Waals surface area contributed by atoms with Crippen LogP contribution in [0.4, 0.5) is 8.78 Å². The summed E-state index contributed by atoms with van der Waals surface area (Å²) in [5, 5.41) is 0. The molecule has 190 valence electrons. The summed E-state index contributed by atoms with van der Waals surface area (Å²) in [5.41, 5.74) is 4.49. The number of unbranched alkanes of at least 4 members (excludes halogenated alkanes) is 1. The number of rotatable bonds is 9. The van der Waals surface area contributed by atoms with E-state index in [0.717, 1.165) is 35.5 Å². The van der Waals surface area contributed by atoms with Crippen LogP contribution in [0, 0.1) is 11.6 Å². The molecule has 0 unspecified atom stereocenters. The van der Waals surface area contributed by atoms with E-state index >= 15 is 0 Å². The van der Waals surface area contributed by atoms with Crippen molar-refractivity contribution in [3.8, 4) is 34.3 Å². The molecule has 0 amide bonds. The van der Waals surface area contributed by atoms with Crippen LogP contribution in [0.15, 0.2) is 84.9 Å². The maximum Gasteiger partial charge on any atom is 0.138 e. The van der Waals surface area contributed by atoms with Crippen LogP contribution >= 0.6 is 0 Å². The fourth-order valence-electron chi connectivity index (χ4n) is 4.29. The number of benzene rings is 4. The van der Waals surface area contributed by atoms with E-state index in [-0.39, 0.29) is 11.6 Å². The Bertz CT molecular complexity index is 1600. The van der Waals surface area contributed by atoms with Crippen molar-refractivity contribution in [2.75, 3.05) is 13.2 Å². The lowest BCUT2D eigenvalue weighted by Crippen LogP contribution is -2.02. The lowest BCUT2D eigenvalue weighted by molar-refractivity contribution is 0.266. The van der Waals surface area contributed by atoms with E-state index in [1.54, 1.807) is 12.1 Å². The van der Waals surface area contributed by atoms with Crippen LogP contribution in [0.1, 0.15) is 12.8 Å². The van der Waals surface area contributed by atoms with E-state index in [4.69, 9.17) is 9.47 Å². The van der Waals surface area contributed by atoms with Crippen LogP contribution in [-0.2, 0) is 0 Å². The summed E-state index contributed by atoms with van der Waals surface area (Å²) in [7, 11) is 0. The summed E-state index contributed by atoms with van der Waals surface area (Å²) in [5.74, 6) is 2.22. The van der Waals surface area contributed by atoms with Crippen molar-refractivity contribution in [1.82, 2.24) is 19.9 Å². The van der Waals surface area contributed by atoms with Crippen LogP contribution < -0.4 is 9.47 Å². The van der Waals surface area contributed by atoms with Gasteiger partial charge in [0.15, 0.2) is 0 Å². The molecule has 0 aliphatic heterocycles. The summed E-state index contributed by atoms with van der Waals surface area (Å²) < 4.78 is 38.8. The van der Waals surface area contributed by atoms with Crippen LogP contribution in [0.3, 0.4) is 0 Å². The number of nitrogens with zero attached hydrogens (tertiary/aromatic N) is 2. The highest BCUT2D eigenvalue weighted by Gasteiger charge is 2.09. The Kier molecular flexibility index (Phi) is 6.44. The third-order valence-corrected chi connectivity index (χ3v) is 6.18. The molecule has 2 heterocycles. The average Bonchev–Trinajstić information content (AvgIpc) is 3.55. The molecule has 8 heteroatoms. The van der Waals surface area contributed by atoms with E-state index in [1.807, 2.05) is 48.5 Å². The number of fused-ring (bicyclic) bond motifs is 2. The third kappa shape index (κ3) is 5.20. The Morgan fingerprint density at radius 2 is 1.05 bits per heavy atom. The number of aromatic amines is 2. The van der Waals surface area contributed by atoms with Crippen molar-refractivity contribution in [3.63, 3.8) is 0 Å². The molecule has 0 bridgehead atoms. The van der Waals surface area contributed by atoms with Crippen LogP contribution in [-0.4, -0.2) is 33.1 Å². The molecule has 6 nitrogen and oxygen atoms in total. The summed E-state index contributed by atoms with van der Waals surface area (Å²) in [6, 6.07) is 24.3. The first kappa shape index (κ1) is 23.7. The second kappa shape index (κ2) is 10.3.